The molecule has 1 aliphatic rings. The molecule has 1 N–H and O–H groups in total. The van der Waals surface area contributed by atoms with Crippen molar-refractivity contribution in [2.75, 3.05) is 6.61 Å². The Morgan fingerprint density at radius 3 is 1.74 bits per heavy atom. The van der Waals surface area contributed by atoms with Crippen LogP contribution in [0.15, 0.2) is 91.0 Å². The Labute approximate surface area is 226 Å². The van der Waals surface area contributed by atoms with Gasteiger partial charge in [0.1, 0.15) is 18.3 Å². The number of hydrogen-bond donors (Lipinski definition) is 1. The number of amides is 1. The molecule has 3 aromatic carbocycles. The van der Waals surface area contributed by atoms with Gasteiger partial charge in [0.05, 0.1) is 38.6 Å². The van der Waals surface area contributed by atoms with Crippen molar-refractivity contribution < 1.29 is 23.7 Å². The number of nitrogens with one attached hydrogen (secondary N) is 1. The second-order valence-electron chi connectivity index (χ2n) is 9.75. The summed E-state index contributed by atoms with van der Waals surface area (Å²) in [5.41, 5.74) is 3.22. The molecule has 6 heteroatoms. The molecule has 0 radical (unpaired) electrons. The van der Waals surface area contributed by atoms with Gasteiger partial charge in [0.2, 0.25) is 5.91 Å². The fraction of sp³-hybridized carbons (Fsp3) is 0.406. The number of carbonyl (C=O) groups is 1. The van der Waals surface area contributed by atoms with Crippen LogP contribution in [-0.4, -0.2) is 43.0 Å². The van der Waals surface area contributed by atoms with Crippen molar-refractivity contribution in [2.45, 2.75) is 77.0 Å². The topological polar surface area (TPSA) is 66.0 Å². The minimum absolute atomic E-state index is 0.117. The minimum atomic E-state index is -0.445. The molecule has 1 fully saturated rings. The van der Waals surface area contributed by atoms with Crippen molar-refractivity contribution in [1.82, 2.24) is 5.32 Å². The lowest BCUT2D eigenvalue weighted by atomic mass is 9.90. The molecule has 1 saturated heterocycles. The van der Waals surface area contributed by atoms with Crippen LogP contribution in [0.3, 0.4) is 0 Å². The standard InChI is InChI=1S/C32H39NO5/c1-3-13-28-30(33-24(2)34)32(37-22-27-18-11-6-12-19-27)31(36-21-26-16-9-5-10-17-26)29(38-28)23-35-20-25-14-7-4-8-15-25/h4-12,14-19,28-32H,3,13,20-23H2,1-2H3,(H,33,34)/t28-,29-,30+,31+,32-/m1/s1. The first-order valence-corrected chi connectivity index (χ1v) is 13.5. The zero-order chi connectivity index (χ0) is 26.6. The zero-order valence-corrected chi connectivity index (χ0v) is 22.3. The molecule has 1 heterocycles. The quantitative estimate of drug-likeness (QED) is 0.327. The Morgan fingerprint density at radius 1 is 0.737 bits per heavy atom. The Balaban J connectivity index is 1.58. The van der Waals surface area contributed by atoms with E-state index in [2.05, 4.69) is 12.2 Å². The van der Waals surface area contributed by atoms with Gasteiger partial charge in [-0.2, -0.15) is 0 Å². The van der Waals surface area contributed by atoms with Gasteiger partial charge in [-0.3, -0.25) is 4.79 Å². The molecule has 0 aromatic heterocycles. The highest BCUT2D eigenvalue weighted by Gasteiger charge is 2.47. The van der Waals surface area contributed by atoms with Gasteiger partial charge in [0.25, 0.3) is 0 Å². The molecule has 6 nitrogen and oxygen atoms in total. The first-order chi connectivity index (χ1) is 18.6. The molecule has 0 saturated carbocycles. The lowest BCUT2D eigenvalue weighted by Crippen LogP contribution is -2.65. The third-order valence-corrected chi connectivity index (χ3v) is 6.70. The first-order valence-electron chi connectivity index (χ1n) is 13.5. The number of hydrogen-bond acceptors (Lipinski definition) is 5. The lowest BCUT2D eigenvalue weighted by Gasteiger charge is -2.46. The Hall–Kier alpha value is -3.03. The van der Waals surface area contributed by atoms with E-state index in [0.29, 0.717) is 26.4 Å². The van der Waals surface area contributed by atoms with E-state index in [1.807, 2.05) is 91.0 Å². The van der Waals surface area contributed by atoms with Crippen LogP contribution in [0.25, 0.3) is 0 Å². The van der Waals surface area contributed by atoms with Crippen LogP contribution < -0.4 is 5.32 Å². The predicted molar refractivity (Wildman–Crippen MR) is 147 cm³/mol. The smallest absolute Gasteiger partial charge is 0.217 e. The summed E-state index contributed by atoms with van der Waals surface area (Å²) in [6, 6.07) is 29.9. The molecular formula is C32H39NO5. The van der Waals surface area contributed by atoms with Crippen molar-refractivity contribution >= 4 is 5.91 Å². The number of rotatable bonds is 13. The maximum Gasteiger partial charge on any atom is 0.217 e. The fourth-order valence-corrected chi connectivity index (χ4v) is 4.89. The molecule has 202 valence electrons. The minimum Gasteiger partial charge on any atom is -0.374 e. The summed E-state index contributed by atoms with van der Waals surface area (Å²) in [6.07, 6.45) is 0.269. The van der Waals surface area contributed by atoms with Gasteiger partial charge in [-0.1, -0.05) is 104 Å². The van der Waals surface area contributed by atoms with E-state index in [1.54, 1.807) is 0 Å². The second-order valence-corrected chi connectivity index (χ2v) is 9.75. The summed E-state index contributed by atoms with van der Waals surface area (Å²) in [5.74, 6) is -0.117. The summed E-state index contributed by atoms with van der Waals surface area (Å²) >= 11 is 0. The third kappa shape index (κ3) is 8.23. The average molecular weight is 518 g/mol. The summed E-state index contributed by atoms with van der Waals surface area (Å²) < 4.78 is 25.9. The number of benzene rings is 3. The Kier molecular flexibility index (Phi) is 10.9. The van der Waals surface area contributed by atoms with Crippen LogP contribution in [0.4, 0.5) is 0 Å². The molecule has 0 unspecified atom stereocenters. The summed E-state index contributed by atoms with van der Waals surface area (Å²) in [4.78, 5) is 12.3. The van der Waals surface area contributed by atoms with E-state index in [1.165, 1.54) is 6.92 Å². The molecule has 1 aliphatic heterocycles. The molecular weight excluding hydrogens is 478 g/mol. The lowest BCUT2D eigenvalue weighted by molar-refractivity contribution is -0.233. The monoisotopic (exact) mass is 517 g/mol. The van der Waals surface area contributed by atoms with E-state index in [9.17, 15) is 4.79 Å². The normalized spacial score (nSPS) is 23.2. The Morgan fingerprint density at radius 2 is 1.24 bits per heavy atom. The molecule has 4 rings (SSSR count). The highest BCUT2D eigenvalue weighted by Crippen LogP contribution is 2.30. The van der Waals surface area contributed by atoms with E-state index >= 15 is 0 Å². The maximum absolute atomic E-state index is 12.3. The van der Waals surface area contributed by atoms with Gasteiger partial charge in [-0.25, -0.2) is 0 Å². The SMILES string of the molecule is CCC[C@H]1O[C@H](COCc2ccccc2)[C@H](OCc2ccccc2)[C@H](OCc2ccccc2)[C@H]1NC(C)=O. The van der Waals surface area contributed by atoms with E-state index in [-0.39, 0.29) is 24.2 Å². The molecule has 1 amide bonds. The maximum atomic E-state index is 12.3. The number of ether oxygens (including phenoxy) is 4. The van der Waals surface area contributed by atoms with Crippen molar-refractivity contribution in [3.8, 4) is 0 Å². The second kappa shape index (κ2) is 14.8. The van der Waals surface area contributed by atoms with Gasteiger partial charge in [-0.05, 0) is 23.1 Å². The highest BCUT2D eigenvalue weighted by molar-refractivity contribution is 5.73. The molecule has 0 spiro atoms. The average Bonchev–Trinajstić information content (AvgIpc) is 2.94. The van der Waals surface area contributed by atoms with Crippen molar-refractivity contribution in [3.05, 3.63) is 108 Å². The molecule has 38 heavy (non-hydrogen) atoms. The van der Waals surface area contributed by atoms with Crippen LogP contribution >= 0.6 is 0 Å². The van der Waals surface area contributed by atoms with Gasteiger partial charge in [0.15, 0.2) is 0 Å². The molecule has 0 aliphatic carbocycles. The summed E-state index contributed by atoms with van der Waals surface area (Å²) in [7, 11) is 0. The van der Waals surface area contributed by atoms with Crippen molar-refractivity contribution in [3.63, 3.8) is 0 Å². The largest absolute Gasteiger partial charge is 0.374 e. The predicted octanol–water partition coefficient (Wildman–Crippen LogP) is 5.45. The van der Waals surface area contributed by atoms with Crippen LogP contribution in [-0.2, 0) is 43.6 Å². The van der Waals surface area contributed by atoms with Crippen molar-refractivity contribution in [2.24, 2.45) is 0 Å². The van der Waals surface area contributed by atoms with Crippen LogP contribution in [0.2, 0.25) is 0 Å². The van der Waals surface area contributed by atoms with Gasteiger partial charge < -0.3 is 24.3 Å². The highest BCUT2D eigenvalue weighted by atomic mass is 16.6. The molecule has 0 bridgehead atoms. The van der Waals surface area contributed by atoms with E-state index in [0.717, 1.165) is 29.5 Å². The number of carbonyl (C=O) groups excluding carboxylic acids is 1. The van der Waals surface area contributed by atoms with Gasteiger partial charge >= 0.3 is 0 Å². The van der Waals surface area contributed by atoms with Gasteiger partial charge in [0, 0.05) is 6.92 Å². The first kappa shape index (κ1) is 28.0. The van der Waals surface area contributed by atoms with Crippen molar-refractivity contribution in [1.29, 1.82) is 0 Å². The van der Waals surface area contributed by atoms with Crippen LogP contribution in [0.1, 0.15) is 43.4 Å². The Bertz CT molecular complexity index is 1080. The molecule has 3 aromatic rings. The zero-order valence-electron chi connectivity index (χ0n) is 22.3. The fourth-order valence-electron chi connectivity index (χ4n) is 4.89. The van der Waals surface area contributed by atoms with E-state index in [4.69, 9.17) is 18.9 Å². The molecule has 5 atom stereocenters. The van der Waals surface area contributed by atoms with E-state index < -0.39 is 12.2 Å². The van der Waals surface area contributed by atoms with Gasteiger partial charge in [-0.15, -0.1) is 0 Å². The third-order valence-electron chi connectivity index (χ3n) is 6.70. The van der Waals surface area contributed by atoms with Crippen LogP contribution in [0.5, 0.6) is 0 Å². The van der Waals surface area contributed by atoms with Crippen LogP contribution in [0, 0.1) is 0 Å². The summed E-state index contributed by atoms with van der Waals surface area (Å²) in [5, 5.41) is 3.12. The summed E-state index contributed by atoms with van der Waals surface area (Å²) in [6.45, 7) is 5.30.